The summed E-state index contributed by atoms with van der Waals surface area (Å²) in [5, 5.41) is 12.7. The third-order valence-electron chi connectivity index (χ3n) is 6.17. The van der Waals surface area contributed by atoms with Crippen LogP contribution >= 0.6 is 11.6 Å². The van der Waals surface area contributed by atoms with Gasteiger partial charge < -0.3 is 15.0 Å². The molecule has 3 aromatic rings. The van der Waals surface area contributed by atoms with Gasteiger partial charge in [-0.3, -0.25) is 9.88 Å². The molecule has 0 bridgehead atoms. The van der Waals surface area contributed by atoms with E-state index in [-0.39, 0.29) is 12.1 Å². The Morgan fingerprint density at radius 3 is 2.86 bits per heavy atom. The van der Waals surface area contributed by atoms with Gasteiger partial charge in [0.2, 0.25) is 0 Å². The Morgan fingerprint density at radius 2 is 2.14 bits per heavy atom. The largest absolute Gasteiger partial charge is 0.390 e. The maximum atomic E-state index is 10.8. The first-order valence-electron chi connectivity index (χ1n) is 10.3. The average molecular weight is 413 g/mol. The Bertz CT molecular complexity index is 958. The lowest BCUT2D eigenvalue weighted by atomic mass is 9.99. The molecule has 6 heteroatoms. The molecule has 1 aromatic carbocycles. The van der Waals surface area contributed by atoms with E-state index < -0.39 is 0 Å². The smallest absolute Gasteiger partial charge is 0.0822 e. The quantitative estimate of drug-likeness (QED) is 0.649. The zero-order chi connectivity index (χ0) is 20.4. The Morgan fingerprint density at radius 1 is 1.28 bits per heavy atom. The summed E-state index contributed by atoms with van der Waals surface area (Å²) in [5.41, 5.74) is 4.53. The van der Waals surface area contributed by atoms with Gasteiger partial charge in [-0.2, -0.15) is 0 Å². The standard InChI is InChI=1S/C23H29ClN4O/c1-16-18-7-5-8-19(24)23(18)26-20(16)14-28-13-10-21(22(29)15-28)27(2)12-9-17-6-3-4-11-25-17/h3-8,11,21-22,26,29H,9-10,12-15H2,1-2H3/t21-,22-/m1/s1. The van der Waals surface area contributed by atoms with Crippen LogP contribution < -0.4 is 0 Å². The van der Waals surface area contributed by atoms with Crippen molar-refractivity contribution in [1.82, 2.24) is 19.8 Å². The van der Waals surface area contributed by atoms with E-state index in [9.17, 15) is 5.11 Å². The van der Waals surface area contributed by atoms with Crippen molar-refractivity contribution in [3.05, 3.63) is 64.6 Å². The second-order valence-corrected chi connectivity index (χ2v) is 8.51. The number of likely N-dealkylation sites (N-methyl/N-ethyl adjacent to an activating group) is 1. The van der Waals surface area contributed by atoms with Crippen molar-refractivity contribution in [2.24, 2.45) is 0 Å². The first-order chi connectivity index (χ1) is 14.0. The van der Waals surface area contributed by atoms with Crippen LogP contribution in [0.25, 0.3) is 10.9 Å². The molecule has 29 heavy (non-hydrogen) atoms. The van der Waals surface area contributed by atoms with E-state index in [1.54, 1.807) is 0 Å². The van der Waals surface area contributed by atoms with E-state index in [2.05, 4.69) is 45.9 Å². The van der Waals surface area contributed by atoms with E-state index in [0.717, 1.165) is 48.7 Å². The number of H-pyrrole nitrogens is 1. The van der Waals surface area contributed by atoms with Crippen molar-refractivity contribution in [2.45, 2.75) is 38.5 Å². The van der Waals surface area contributed by atoms with Gasteiger partial charge in [0.05, 0.1) is 16.6 Å². The minimum Gasteiger partial charge on any atom is -0.390 e. The third kappa shape index (κ3) is 4.48. The maximum Gasteiger partial charge on any atom is 0.0822 e. The van der Waals surface area contributed by atoms with E-state index in [1.165, 1.54) is 16.6 Å². The van der Waals surface area contributed by atoms with Crippen molar-refractivity contribution >= 4 is 22.5 Å². The number of aromatic amines is 1. The van der Waals surface area contributed by atoms with Gasteiger partial charge in [-0.15, -0.1) is 0 Å². The number of nitrogens with one attached hydrogen (secondary N) is 1. The van der Waals surface area contributed by atoms with Crippen molar-refractivity contribution in [3.63, 3.8) is 0 Å². The number of nitrogens with zero attached hydrogens (tertiary/aromatic N) is 3. The van der Waals surface area contributed by atoms with Gasteiger partial charge in [-0.25, -0.2) is 0 Å². The molecule has 1 saturated heterocycles. The van der Waals surface area contributed by atoms with Gasteiger partial charge >= 0.3 is 0 Å². The number of para-hydroxylation sites is 1. The molecule has 2 N–H and O–H groups in total. The van der Waals surface area contributed by atoms with E-state index >= 15 is 0 Å². The summed E-state index contributed by atoms with van der Waals surface area (Å²) >= 11 is 6.34. The lowest BCUT2D eigenvalue weighted by molar-refractivity contribution is -0.00652. The predicted molar refractivity (Wildman–Crippen MR) is 118 cm³/mol. The molecule has 4 rings (SSSR count). The van der Waals surface area contributed by atoms with Gasteiger partial charge in [0.25, 0.3) is 0 Å². The molecule has 1 fully saturated rings. The summed E-state index contributed by atoms with van der Waals surface area (Å²) in [6, 6.07) is 12.2. The molecule has 1 aliphatic heterocycles. The monoisotopic (exact) mass is 412 g/mol. The number of halogens is 1. The minimum atomic E-state index is -0.356. The van der Waals surface area contributed by atoms with Crippen LogP contribution in [0.2, 0.25) is 5.02 Å². The zero-order valence-corrected chi connectivity index (χ0v) is 17.9. The molecule has 154 valence electrons. The highest BCUT2D eigenvalue weighted by atomic mass is 35.5. The first-order valence-corrected chi connectivity index (χ1v) is 10.7. The topological polar surface area (TPSA) is 55.4 Å². The molecule has 0 amide bonds. The van der Waals surface area contributed by atoms with Crippen LogP contribution in [0.4, 0.5) is 0 Å². The fourth-order valence-electron chi connectivity index (χ4n) is 4.40. The van der Waals surface area contributed by atoms with Gasteiger partial charge in [-0.1, -0.05) is 29.8 Å². The van der Waals surface area contributed by atoms with E-state index in [0.29, 0.717) is 6.54 Å². The Kier molecular flexibility index (Phi) is 6.20. The van der Waals surface area contributed by atoms with Crippen LogP contribution in [0.5, 0.6) is 0 Å². The Labute approximate surface area is 177 Å². The summed E-state index contributed by atoms with van der Waals surface area (Å²) < 4.78 is 0. The van der Waals surface area contributed by atoms with Crippen LogP contribution in [0.1, 0.15) is 23.4 Å². The lowest BCUT2D eigenvalue weighted by Crippen LogP contribution is -2.53. The lowest BCUT2D eigenvalue weighted by Gasteiger charge is -2.40. The number of likely N-dealkylation sites (tertiary alicyclic amines) is 1. The number of aliphatic hydroxyl groups excluding tert-OH is 1. The van der Waals surface area contributed by atoms with Crippen molar-refractivity contribution in [2.75, 3.05) is 26.7 Å². The molecule has 3 heterocycles. The van der Waals surface area contributed by atoms with Crippen molar-refractivity contribution in [1.29, 1.82) is 0 Å². The first kappa shape index (κ1) is 20.4. The summed E-state index contributed by atoms with van der Waals surface area (Å²) in [7, 11) is 2.11. The number of hydrogen-bond acceptors (Lipinski definition) is 4. The number of aromatic nitrogens is 2. The van der Waals surface area contributed by atoms with Crippen LogP contribution in [0, 0.1) is 6.92 Å². The number of fused-ring (bicyclic) bond motifs is 1. The van der Waals surface area contributed by atoms with Gasteiger partial charge in [0.15, 0.2) is 0 Å². The number of aryl methyl sites for hydroxylation is 1. The highest BCUT2D eigenvalue weighted by Gasteiger charge is 2.30. The SMILES string of the molecule is Cc1c(CN2CC[C@@H](N(C)CCc3ccccn3)[C@H](O)C2)[nH]c2c(Cl)cccc12. The van der Waals surface area contributed by atoms with Gasteiger partial charge in [0, 0.05) is 61.6 Å². The number of β-amino-alcohol motifs (C(OH)–C–C–N with tert-alkyl or cyclic N) is 1. The highest BCUT2D eigenvalue weighted by Crippen LogP contribution is 2.29. The minimum absolute atomic E-state index is 0.188. The third-order valence-corrected chi connectivity index (χ3v) is 6.49. The second kappa shape index (κ2) is 8.84. The normalized spacial score (nSPS) is 20.6. The molecule has 0 radical (unpaired) electrons. The molecule has 1 aliphatic rings. The van der Waals surface area contributed by atoms with Crippen LogP contribution in [-0.2, 0) is 13.0 Å². The van der Waals surface area contributed by atoms with Crippen LogP contribution in [-0.4, -0.2) is 63.7 Å². The molecule has 0 aliphatic carbocycles. The van der Waals surface area contributed by atoms with E-state index in [4.69, 9.17) is 11.6 Å². The van der Waals surface area contributed by atoms with Crippen LogP contribution in [0.3, 0.4) is 0 Å². The summed E-state index contributed by atoms with van der Waals surface area (Å²) in [5.74, 6) is 0. The maximum absolute atomic E-state index is 10.8. The molecule has 2 aromatic heterocycles. The van der Waals surface area contributed by atoms with Crippen molar-refractivity contribution in [3.8, 4) is 0 Å². The van der Waals surface area contributed by atoms with Gasteiger partial charge in [0.1, 0.15) is 0 Å². The zero-order valence-electron chi connectivity index (χ0n) is 17.1. The van der Waals surface area contributed by atoms with Crippen LogP contribution in [0.15, 0.2) is 42.6 Å². The number of rotatable bonds is 6. The molecule has 0 saturated carbocycles. The highest BCUT2D eigenvalue weighted by molar-refractivity contribution is 6.35. The second-order valence-electron chi connectivity index (χ2n) is 8.10. The Hall–Kier alpha value is -1.92. The molecule has 0 spiro atoms. The number of hydrogen-bond donors (Lipinski definition) is 2. The molecular formula is C23H29ClN4O. The molecule has 5 nitrogen and oxygen atoms in total. The summed E-state index contributed by atoms with van der Waals surface area (Å²) in [4.78, 5) is 12.5. The predicted octanol–water partition coefficient (Wildman–Crippen LogP) is 3.63. The number of benzene rings is 1. The molecular weight excluding hydrogens is 384 g/mol. The average Bonchev–Trinajstić information content (AvgIpc) is 3.04. The number of aliphatic hydroxyl groups is 1. The fraction of sp³-hybridized carbons (Fsp3) is 0.435. The number of pyridine rings is 1. The van der Waals surface area contributed by atoms with Gasteiger partial charge in [-0.05, 0) is 44.2 Å². The number of piperidine rings is 1. The summed E-state index contributed by atoms with van der Waals surface area (Å²) in [6.07, 6.45) is 3.34. The van der Waals surface area contributed by atoms with Crippen molar-refractivity contribution < 1.29 is 5.11 Å². The molecule has 0 unspecified atom stereocenters. The fourth-order valence-corrected chi connectivity index (χ4v) is 4.62. The summed E-state index contributed by atoms with van der Waals surface area (Å²) in [6.45, 7) is 5.50. The van der Waals surface area contributed by atoms with E-state index in [1.807, 2.05) is 30.5 Å². The Balaban J connectivity index is 1.35. The molecule has 2 atom stereocenters.